The van der Waals surface area contributed by atoms with E-state index in [0.29, 0.717) is 44.0 Å². The number of fused-ring (bicyclic) bond motifs is 1. The molecule has 1 atom stereocenters. The molecule has 1 saturated heterocycles. The minimum Gasteiger partial charge on any atom is -0.408 e. The molecule has 0 radical (unpaired) electrons. The molecule has 166 valence electrons. The van der Waals surface area contributed by atoms with Crippen LogP contribution in [-0.4, -0.2) is 41.2 Å². The molecule has 31 heavy (non-hydrogen) atoms. The highest BCUT2D eigenvalue weighted by molar-refractivity contribution is 5.94. The highest BCUT2D eigenvalue weighted by atomic mass is 19.1. The van der Waals surface area contributed by atoms with Gasteiger partial charge in [0.25, 0.3) is 5.91 Å². The van der Waals surface area contributed by atoms with E-state index in [-0.39, 0.29) is 23.8 Å². The fraction of sp³-hybridized carbons (Fsp3) is 0.455. The molecule has 4 rings (SSSR count). The van der Waals surface area contributed by atoms with Crippen LogP contribution in [0.3, 0.4) is 0 Å². The molecule has 0 spiro atoms. The first-order valence-corrected chi connectivity index (χ1v) is 10.5. The maximum Gasteiger partial charge on any atom is 0.413 e. The van der Waals surface area contributed by atoms with Gasteiger partial charge in [-0.15, -0.1) is 0 Å². The highest BCUT2D eigenvalue weighted by Gasteiger charge is 2.29. The van der Waals surface area contributed by atoms with Gasteiger partial charge in [-0.05, 0) is 25.3 Å². The second kappa shape index (κ2) is 9.05. The number of benzene rings is 1. The van der Waals surface area contributed by atoms with Crippen LogP contribution in [0, 0.1) is 11.6 Å². The lowest BCUT2D eigenvalue weighted by molar-refractivity contribution is 0.0719. The summed E-state index contributed by atoms with van der Waals surface area (Å²) < 4.78 is 40.2. The van der Waals surface area contributed by atoms with Crippen molar-refractivity contribution in [1.29, 1.82) is 0 Å². The fourth-order valence-electron chi connectivity index (χ4n) is 4.10. The molecule has 1 aromatic carbocycles. The van der Waals surface area contributed by atoms with Crippen molar-refractivity contribution in [3.63, 3.8) is 0 Å². The van der Waals surface area contributed by atoms with Crippen LogP contribution in [0.5, 0.6) is 5.75 Å². The third kappa shape index (κ3) is 4.41. The molecule has 7 nitrogen and oxygen atoms in total. The molecule has 3 heterocycles. The van der Waals surface area contributed by atoms with E-state index in [4.69, 9.17) is 9.47 Å². The Morgan fingerprint density at radius 3 is 2.68 bits per heavy atom. The molecule has 1 fully saturated rings. The van der Waals surface area contributed by atoms with Gasteiger partial charge in [0.15, 0.2) is 5.75 Å². The van der Waals surface area contributed by atoms with Gasteiger partial charge in [-0.2, -0.15) is 0 Å². The molecule has 0 unspecified atom stereocenters. The van der Waals surface area contributed by atoms with E-state index in [2.05, 4.69) is 5.32 Å². The summed E-state index contributed by atoms with van der Waals surface area (Å²) in [6, 6.07) is 4.12. The quantitative estimate of drug-likeness (QED) is 0.779. The normalized spacial score (nSPS) is 16.7. The number of ether oxygens (including phenoxy) is 2. The van der Waals surface area contributed by atoms with Gasteiger partial charge < -0.3 is 24.3 Å². The predicted molar refractivity (Wildman–Crippen MR) is 108 cm³/mol. The van der Waals surface area contributed by atoms with Gasteiger partial charge in [-0.3, -0.25) is 4.79 Å². The first kappa shape index (κ1) is 21.3. The minimum absolute atomic E-state index is 0.0873. The predicted octanol–water partition coefficient (Wildman–Crippen LogP) is 3.77. The Morgan fingerprint density at radius 2 is 1.97 bits per heavy atom. The van der Waals surface area contributed by atoms with Crippen LogP contribution in [0.15, 0.2) is 24.3 Å². The Bertz CT molecular complexity index is 985. The number of hydrogen-bond acceptors (Lipinski definition) is 4. The molecule has 2 aliphatic heterocycles. The SMILES string of the molecule is CC[C@@H](NC(=O)Oc1cc(C(=O)N2CCCC2)n2c1COCC2)c1ccc(F)cc1F. The number of rotatable bonds is 5. The number of carbonyl (C=O) groups excluding carboxylic acids is 2. The van der Waals surface area contributed by atoms with Gasteiger partial charge in [-0.25, -0.2) is 13.6 Å². The van der Waals surface area contributed by atoms with Crippen LogP contribution in [0.1, 0.15) is 54.0 Å². The molecule has 1 aromatic heterocycles. The molecular formula is C22H25F2N3O4. The smallest absolute Gasteiger partial charge is 0.408 e. The molecule has 2 aromatic rings. The van der Waals surface area contributed by atoms with Crippen molar-refractivity contribution in [1.82, 2.24) is 14.8 Å². The van der Waals surface area contributed by atoms with Crippen molar-refractivity contribution in [3.8, 4) is 5.75 Å². The number of likely N-dealkylation sites (tertiary alicyclic amines) is 1. The van der Waals surface area contributed by atoms with Crippen LogP contribution in [-0.2, 0) is 17.9 Å². The summed E-state index contributed by atoms with van der Waals surface area (Å²) in [5.41, 5.74) is 1.26. The summed E-state index contributed by atoms with van der Waals surface area (Å²) in [5, 5.41) is 2.62. The van der Waals surface area contributed by atoms with Crippen molar-refractivity contribution >= 4 is 12.0 Å². The molecule has 0 bridgehead atoms. The Balaban J connectivity index is 1.53. The molecule has 2 amide bonds. The zero-order chi connectivity index (χ0) is 22.0. The van der Waals surface area contributed by atoms with Gasteiger partial charge in [0.05, 0.1) is 24.9 Å². The van der Waals surface area contributed by atoms with Gasteiger partial charge in [0, 0.05) is 37.3 Å². The Labute approximate surface area is 178 Å². The molecule has 0 aliphatic carbocycles. The number of carbonyl (C=O) groups is 2. The lowest BCUT2D eigenvalue weighted by Crippen LogP contribution is -2.32. The Morgan fingerprint density at radius 1 is 1.19 bits per heavy atom. The zero-order valence-electron chi connectivity index (χ0n) is 17.3. The van der Waals surface area contributed by atoms with Crippen LogP contribution in [0.2, 0.25) is 0 Å². The first-order chi connectivity index (χ1) is 15.0. The number of aromatic nitrogens is 1. The molecular weight excluding hydrogens is 408 g/mol. The van der Waals surface area contributed by atoms with Gasteiger partial charge in [0.2, 0.25) is 0 Å². The zero-order valence-corrected chi connectivity index (χ0v) is 17.3. The molecule has 1 N–H and O–H groups in total. The molecule has 2 aliphatic rings. The van der Waals surface area contributed by atoms with Gasteiger partial charge in [0.1, 0.15) is 17.3 Å². The third-order valence-corrected chi connectivity index (χ3v) is 5.72. The van der Waals surface area contributed by atoms with Crippen molar-refractivity contribution in [2.75, 3.05) is 19.7 Å². The number of amides is 2. The number of hydrogen-bond donors (Lipinski definition) is 1. The van der Waals surface area contributed by atoms with E-state index >= 15 is 0 Å². The maximum atomic E-state index is 14.1. The first-order valence-electron chi connectivity index (χ1n) is 10.5. The van der Waals surface area contributed by atoms with E-state index < -0.39 is 23.8 Å². The summed E-state index contributed by atoms with van der Waals surface area (Å²) in [6.45, 7) is 4.39. The van der Waals surface area contributed by atoms with E-state index in [9.17, 15) is 18.4 Å². The molecule has 9 heteroatoms. The lowest BCUT2D eigenvalue weighted by atomic mass is 10.0. The Kier molecular flexibility index (Phi) is 6.22. The number of nitrogens with zero attached hydrogens (tertiary/aromatic N) is 2. The Hall–Kier alpha value is -2.94. The molecule has 0 saturated carbocycles. The van der Waals surface area contributed by atoms with Crippen molar-refractivity contribution in [3.05, 3.63) is 52.9 Å². The standard InChI is InChI=1S/C22H25F2N3O4/c1-2-17(15-6-5-14(23)11-16(15)24)25-22(29)31-20-12-18(21(28)26-7-3-4-8-26)27-9-10-30-13-19(20)27/h5-6,11-12,17H,2-4,7-10,13H2,1H3,(H,25,29)/t17-/m1/s1. The summed E-state index contributed by atoms with van der Waals surface area (Å²) in [6.07, 6.45) is 1.56. The number of nitrogens with one attached hydrogen (secondary N) is 1. The summed E-state index contributed by atoms with van der Waals surface area (Å²) in [4.78, 5) is 27.3. The monoisotopic (exact) mass is 433 g/mol. The highest BCUT2D eigenvalue weighted by Crippen LogP contribution is 2.30. The van der Waals surface area contributed by atoms with Crippen molar-refractivity contribution in [2.45, 2.75) is 45.4 Å². The van der Waals surface area contributed by atoms with E-state index in [1.807, 2.05) is 4.57 Å². The minimum atomic E-state index is -0.783. The van der Waals surface area contributed by atoms with Crippen LogP contribution in [0.4, 0.5) is 13.6 Å². The fourth-order valence-corrected chi connectivity index (χ4v) is 4.10. The van der Waals surface area contributed by atoms with Crippen molar-refractivity contribution in [2.24, 2.45) is 0 Å². The largest absolute Gasteiger partial charge is 0.413 e. The van der Waals surface area contributed by atoms with Crippen LogP contribution >= 0.6 is 0 Å². The van der Waals surface area contributed by atoms with E-state index in [1.54, 1.807) is 17.9 Å². The van der Waals surface area contributed by atoms with Crippen LogP contribution < -0.4 is 10.1 Å². The second-order valence-corrected chi connectivity index (χ2v) is 7.70. The number of halogens is 2. The van der Waals surface area contributed by atoms with E-state index in [1.165, 1.54) is 6.07 Å². The average molecular weight is 433 g/mol. The lowest BCUT2D eigenvalue weighted by Gasteiger charge is -2.21. The topological polar surface area (TPSA) is 72.8 Å². The summed E-state index contributed by atoms with van der Waals surface area (Å²) in [5.74, 6) is -1.26. The average Bonchev–Trinajstić information content (AvgIpc) is 3.41. The summed E-state index contributed by atoms with van der Waals surface area (Å²) in [7, 11) is 0. The van der Waals surface area contributed by atoms with Gasteiger partial charge >= 0.3 is 6.09 Å². The maximum absolute atomic E-state index is 14.1. The van der Waals surface area contributed by atoms with Crippen molar-refractivity contribution < 1.29 is 27.8 Å². The third-order valence-electron chi connectivity index (χ3n) is 5.72. The van der Waals surface area contributed by atoms with Gasteiger partial charge in [-0.1, -0.05) is 13.0 Å². The summed E-state index contributed by atoms with van der Waals surface area (Å²) >= 11 is 0. The van der Waals surface area contributed by atoms with Crippen LogP contribution in [0.25, 0.3) is 0 Å². The second-order valence-electron chi connectivity index (χ2n) is 7.70. The van der Waals surface area contributed by atoms with E-state index in [0.717, 1.165) is 25.0 Å².